The fourth-order valence-corrected chi connectivity index (χ4v) is 4.93. The minimum Gasteiger partial charge on any atom is -0.381 e. The average Bonchev–Trinajstić information content (AvgIpc) is 3.33. The Hall–Kier alpha value is -1.39. The molecule has 0 unspecified atom stereocenters. The number of aromatic amines is 1. The lowest BCUT2D eigenvalue weighted by molar-refractivity contribution is 0.0530. The van der Waals surface area contributed by atoms with Crippen LogP contribution in [-0.4, -0.2) is 65.4 Å². The molecule has 0 amide bonds. The molecule has 2 aromatic rings. The number of H-pyrrole nitrogens is 1. The highest BCUT2D eigenvalue weighted by atomic mass is 127. The third-order valence-corrected chi connectivity index (χ3v) is 6.71. The summed E-state index contributed by atoms with van der Waals surface area (Å²) in [6.45, 7) is 7.10. The van der Waals surface area contributed by atoms with Gasteiger partial charge in [-0.2, -0.15) is 5.10 Å². The van der Waals surface area contributed by atoms with E-state index in [2.05, 4.69) is 44.5 Å². The Morgan fingerprint density at radius 1 is 1.29 bits per heavy atom. The fraction of sp³-hybridized carbons (Fsp3) is 0.591. The maximum absolute atomic E-state index is 6.61. The molecule has 7 nitrogen and oxygen atoms in total. The van der Waals surface area contributed by atoms with Crippen LogP contribution in [0.5, 0.6) is 0 Å². The van der Waals surface area contributed by atoms with Crippen molar-refractivity contribution in [2.24, 2.45) is 4.99 Å². The average molecular weight is 559 g/mol. The van der Waals surface area contributed by atoms with Crippen LogP contribution < -0.4 is 5.32 Å². The number of halogens is 2. The summed E-state index contributed by atoms with van der Waals surface area (Å²) in [7, 11) is 0. The first kappa shape index (κ1) is 24.3. The number of nitrogens with zero attached hydrogens (tertiary/aromatic N) is 4. The molecule has 1 aromatic heterocycles. The second-order valence-corrected chi connectivity index (χ2v) is 8.58. The number of piperidine rings is 1. The van der Waals surface area contributed by atoms with E-state index in [0.29, 0.717) is 12.5 Å². The summed E-state index contributed by atoms with van der Waals surface area (Å²) >= 11 is 6.61. The van der Waals surface area contributed by atoms with Gasteiger partial charge in [0.25, 0.3) is 0 Å². The van der Waals surface area contributed by atoms with Gasteiger partial charge in [-0.1, -0.05) is 29.8 Å². The van der Waals surface area contributed by atoms with E-state index in [4.69, 9.17) is 21.3 Å². The Morgan fingerprint density at radius 2 is 2.03 bits per heavy atom. The SMILES string of the molecule is CCNC(=NCC1(c2ccccc2Cl)CCOCC1)N1CCC(c2ncn[nH]2)CC1.I. The van der Waals surface area contributed by atoms with Crippen LogP contribution in [0.4, 0.5) is 0 Å². The van der Waals surface area contributed by atoms with Gasteiger partial charge in [-0.15, -0.1) is 24.0 Å². The maximum atomic E-state index is 6.61. The zero-order valence-corrected chi connectivity index (χ0v) is 21.1. The molecule has 2 N–H and O–H groups in total. The molecular weight excluding hydrogens is 527 g/mol. The molecule has 0 radical (unpaired) electrons. The van der Waals surface area contributed by atoms with Crippen molar-refractivity contribution >= 4 is 41.5 Å². The highest BCUT2D eigenvalue weighted by Gasteiger charge is 2.36. The Bertz CT molecular complexity index is 832. The van der Waals surface area contributed by atoms with Gasteiger partial charge in [0.1, 0.15) is 12.2 Å². The van der Waals surface area contributed by atoms with E-state index in [1.165, 1.54) is 5.56 Å². The summed E-state index contributed by atoms with van der Waals surface area (Å²) in [6, 6.07) is 8.20. The van der Waals surface area contributed by atoms with Crippen molar-refractivity contribution < 1.29 is 4.74 Å². The monoisotopic (exact) mass is 558 g/mol. The van der Waals surface area contributed by atoms with Gasteiger partial charge < -0.3 is 15.0 Å². The number of ether oxygens (including phenoxy) is 1. The number of aliphatic imine (C=N–C) groups is 1. The predicted octanol–water partition coefficient (Wildman–Crippen LogP) is 3.97. The third-order valence-electron chi connectivity index (χ3n) is 6.38. The number of nitrogens with one attached hydrogen (secondary N) is 2. The van der Waals surface area contributed by atoms with Gasteiger partial charge in [0.05, 0.1) is 6.54 Å². The highest BCUT2D eigenvalue weighted by molar-refractivity contribution is 14.0. The van der Waals surface area contributed by atoms with Crippen molar-refractivity contribution in [3.63, 3.8) is 0 Å². The van der Waals surface area contributed by atoms with E-state index >= 15 is 0 Å². The molecule has 0 atom stereocenters. The second-order valence-electron chi connectivity index (χ2n) is 8.17. The maximum Gasteiger partial charge on any atom is 0.193 e. The highest BCUT2D eigenvalue weighted by Crippen LogP contribution is 2.39. The van der Waals surface area contributed by atoms with Gasteiger partial charge in [0, 0.05) is 49.2 Å². The van der Waals surface area contributed by atoms with Gasteiger partial charge in [-0.25, -0.2) is 4.98 Å². The number of aromatic nitrogens is 3. The molecule has 2 saturated heterocycles. The summed E-state index contributed by atoms with van der Waals surface area (Å²) in [4.78, 5) is 11.8. The van der Waals surface area contributed by atoms with E-state index in [1.807, 2.05) is 12.1 Å². The molecule has 9 heteroatoms. The zero-order chi connectivity index (χ0) is 20.8. The minimum atomic E-state index is -0.0740. The van der Waals surface area contributed by atoms with Crippen molar-refractivity contribution in [3.8, 4) is 0 Å². The lowest BCUT2D eigenvalue weighted by Crippen LogP contribution is -2.46. The van der Waals surface area contributed by atoms with Crippen molar-refractivity contribution in [3.05, 3.63) is 47.0 Å². The molecule has 0 spiro atoms. The molecule has 0 saturated carbocycles. The standard InChI is InChI=1S/C22H31ClN6O.HI/c1-2-24-21(29-11-7-17(8-12-29)20-26-16-27-28-20)25-15-22(9-13-30-14-10-22)18-5-3-4-6-19(18)23;/h3-6,16-17H,2,7-15H2,1H3,(H,24,25)(H,26,27,28);1H. The lowest BCUT2D eigenvalue weighted by Gasteiger charge is -2.38. The first-order chi connectivity index (χ1) is 14.7. The van der Waals surface area contributed by atoms with Crippen LogP contribution in [0, 0.1) is 0 Å². The second kappa shape index (κ2) is 11.5. The summed E-state index contributed by atoms with van der Waals surface area (Å²) in [6.07, 6.45) is 5.56. The van der Waals surface area contributed by atoms with Crippen LogP contribution in [0.1, 0.15) is 49.9 Å². The van der Waals surface area contributed by atoms with Gasteiger partial charge in [-0.3, -0.25) is 10.1 Å². The predicted molar refractivity (Wildman–Crippen MR) is 135 cm³/mol. The first-order valence-electron chi connectivity index (χ1n) is 10.9. The molecule has 2 aliphatic heterocycles. The Labute approximate surface area is 206 Å². The summed E-state index contributed by atoms with van der Waals surface area (Å²) < 4.78 is 5.67. The van der Waals surface area contributed by atoms with Crippen molar-refractivity contribution in [1.82, 2.24) is 25.4 Å². The molecular formula is C22H32ClIN6O. The number of guanidine groups is 1. The lowest BCUT2D eigenvalue weighted by atomic mass is 9.74. The van der Waals surface area contributed by atoms with Crippen molar-refractivity contribution in [2.45, 2.75) is 43.9 Å². The minimum absolute atomic E-state index is 0. The molecule has 3 heterocycles. The smallest absolute Gasteiger partial charge is 0.193 e. The van der Waals surface area contributed by atoms with E-state index < -0.39 is 0 Å². The fourth-order valence-electron chi connectivity index (χ4n) is 4.59. The normalized spacial score (nSPS) is 19.7. The molecule has 0 bridgehead atoms. The number of rotatable bonds is 5. The largest absolute Gasteiger partial charge is 0.381 e. The number of hydrogen-bond acceptors (Lipinski definition) is 4. The topological polar surface area (TPSA) is 78.4 Å². The summed E-state index contributed by atoms with van der Waals surface area (Å²) in [5.41, 5.74) is 1.12. The van der Waals surface area contributed by atoms with Crippen LogP contribution >= 0.6 is 35.6 Å². The van der Waals surface area contributed by atoms with Crippen LogP contribution in [0.3, 0.4) is 0 Å². The summed E-state index contributed by atoms with van der Waals surface area (Å²) in [5, 5.41) is 11.3. The number of likely N-dealkylation sites (tertiary alicyclic amines) is 1. The van der Waals surface area contributed by atoms with E-state index in [1.54, 1.807) is 6.33 Å². The Morgan fingerprint density at radius 3 is 2.68 bits per heavy atom. The van der Waals surface area contributed by atoms with Gasteiger partial charge in [0.15, 0.2) is 5.96 Å². The van der Waals surface area contributed by atoms with Crippen molar-refractivity contribution in [2.75, 3.05) is 39.4 Å². The molecule has 31 heavy (non-hydrogen) atoms. The third kappa shape index (κ3) is 5.70. The quantitative estimate of drug-likeness (QED) is 0.330. The molecule has 4 rings (SSSR count). The van der Waals surface area contributed by atoms with Gasteiger partial charge in [0.2, 0.25) is 0 Å². The van der Waals surface area contributed by atoms with E-state index in [-0.39, 0.29) is 29.4 Å². The molecule has 2 aliphatic rings. The van der Waals surface area contributed by atoms with E-state index in [0.717, 1.165) is 75.3 Å². The molecule has 0 aliphatic carbocycles. The Balaban J connectivity index is 0.00000272. The zero-order valence-electron chi connectivity index (χ0n) is 18.0. The van der Waals surface area contributed by atoms with Crippen LogP contribution in [-0.2, 0) is 10.2 Å². The van der Waals surface area contributed by atoms with Gasteiger partial charge >= 0.3 is 0 Å². The number of benzene rings is 1. The van der Waals surface area contributed by atoms with Crippen LogP contribution in [0.2, 0.25) is 5.02 Å². The van der Waals surface area contributed by atoms with Crippen LogP contribution in [0.15, 0.2) is 35.6 Å². The van der Waals surface area contributed by atoms with Gasteiger partial charge in [-0.05, 0) is 44.2 Å². The van der Waals surface area contributed by atoms with Crippen molar-refractivity contribution in [1.29, 1.82) is 0 Å². The summed E-state index contributed by atoms with van der Waals surface area (Å²) in [5.74, 6) is 2.43. The Kier molecular flexibility index (Phi) is 8.97. The number of hydrogen-bond donors (Lipinski definition) is 2. The first-order valence-corrected chi connectivity index (χ1v) is 11.3. The molecule has 2 fully saturated rings. The molecule has 1 aromatic carbocycles. The van der Waals surface area contributed by atoms with E-state index in [9.17, 15) is 0 Å². The molecule has 170 valence electrons. The van der Waals surface area contributed by atoms with Crippen LogP contribution in [0.25, 0.3) is 0 Å².